The smallest absolute Gasteiger partial charge is 0.287 e. The van der Waals surface area contributed by atoms with Gasteiger partial charge in [-0.3, -0.25) is 9.36 Å². The summed E-state index contributed by atoms with van der Waals surface area (Å²) in [6, 6.07) is 11.4. The van der Waals surface area contributed by atoms with Gasteiger partial charge in [-0.1, -0.05) is 35.5 Å². The number of thioether (sulfide) groups is 1. The van der Waals surface area contributed by atoms with Crippen molar-refractivity contribution in [2.24, 2.45) is 0 Å². The number of hydrogen-bond donors (Lipinski definition) is 0. The fraction of sp³-hybridized carbons (Fsp3) is 0.111. The van der Waals surface area contributed by atoms with Gasteiger partial charge in [0.05, 0.1) is 17.8 Å². The van der Waals surface area contributed by atoms with Gasteiger partial charge in [0, 0.05) is 18.1 Å². The minimum Gasteiger partial charge on any atom is -0.495 e. The van der Waals surface area contributed by atoms with Crippen LogP contribution < -0.4 is 10.3 Å². The van der Waals surface area contributed by atoms with Crippen molar-refractivity contribution in [3.8, 4) is 11.4 Å². The maximum Gasteiger partial charge on any atom is 0.287 e. The molecule has 2 aromatic carbocycles. The zero-order valence-corrected chi connectivity index (χ0v) is 14.9. The highest BCUT2D eigenvalue weighted by molar-refractivity contribution is 7.98. The Bertz CT molecular complexity index is 962. The Morgan fingerprint density at radius 1 is 1.28 bits per heavy atom. The average Bonchev–Trinajstić information content (AvgIpc) is 2.61. The first-order valence-corrected chi connectivity index (χ1v) is 8.73. The number of methoxy groups -OCH3 is 1. The molecule has 1 aromatic heterocycles. The summed E-state index contributed by atoms with van der Waals surface area (Å²) in [5.41, 5.74) is 1.14. The molecule has 0 saturated heterocycles. The van der Waals surface area contributed by atoms with Crippen LogP contribution in [0.15, 0.2) is 64.7 Å². The molecule has 4 nitrogen and oxygen atoms in total. The van der Waals surface area contributed by atoms with Crippen LogP contribution in [0.1, 0.15) is 5.56 Å². The summed E-state index contributed by atoms with van der Waals surface area (Å²) in [6.07, 6.45) is 3.13. The lowest BCUT2D eigenvalue weighted by Crippen LogP contribution is -2.20. The number of nitrogens with zero attached hydrogens (tertiary/aromatic N) is 2. The Morgan fingerprint density at radius 3 is 2.84 bits per heavy atom. The van der Waals surface area contributed by atoms with E-state index >= 15 is 0 Å². The third kappa shape index (κ3) is 4.03. The van der Waals surface area contributed by atoms with E-state index in [1.54, 1.807) is 42.7 Å². The molecule has 1 heterocycles. The van der Waals surface area contributed by atoms with E-state index < -0.39 is 0 Å². The molecule has 7 heteroatoms. The van der Waals surface area contributed by atoms with E-state index in [0.717, 1.165) is 5.56 Å². The van der Waals surface area contributed by atoms with Gasteiger partial charge >= 0.3 is 0 Å². The summed E-state index contributed by atoms with van der Waals surface area (Å²) in [4.78, 5) is 16.8. The quantitative estimate of drug-likeness (QED) is 0.622. The standard InChI is InChI=1S/C18H14ClFN2O2S/c1-24-16-6-5-14(10-15(16)19)22-8-7-21-17(18(22)23)25-11-12-3-2-4-13(20)9-12/h2-10H,11H2,1H3. The summed E-state index contributed by atoms with van der Waals surface area (Å²) >= 11 is 7.39. The fourth-order valence-electron chi connectivity index (χ4n) is 2.28. The normalized spacial score (nSPS) is 10.7. The molecule has 0 amide bonds. The zero-order chi connectivity index (χ0) is 17.8. The highest BCUT2D eigenvalue weighted by Crippen LogP contribution is 2.26. The van der Waals surface area contributed by atoms with Crippen molar-refractivity contribution >= 4 is 23.4 Å². The van der Waals surface area contributed by atoms with E-state index in [9.17, 15) is 9.18 Å². The molecule has 0 bridgehead atoms. The molecular formula is C18H14ClFN2O2S. The van der Waals surface area contributed by atoms with E-state index in [1.165, 1.54) is 35.6 Å². The van der Waals surface area contributed by atoms with E-state index in [2.05, 4.69) is 4.98 Å². The van der Waals surface area contributed by atoms with Crippen LogP contribution in [0.3, 0.4) is 0 Å². The Balaban J connectivity index is 1.87. The van der Waals surface area contributed by atoms with Crippen molar-refractivity contribution in [3.63, 3.8) is 0 Å². The van der Waals surface area contributed by atoms with Crippen LogP contribution in [-0.2, 0) is 5.75 Å². The van der Waals surface area contributed by atoms with Crippen molar-refractivity contribution in [1.29, 1.82) is 0 Å². The Hall–Kier alpha value is -2.31. The molecule has 0 atom stereocenters. The number of benzene rings is 2. The van der Waals surface area contributed by atoms with Crippen LogP contribution in [0.4, 0.5) is 4.39 Å². The highest BCUT2D eigenvalue weighted by Gasteiger charge is 2.10. The van der Waals surface area contributed by atoms with Crippen molar-refractivity contribution in [2.45, 2.75) is 10.8 Å². The first kappa shape index (κ1) is 17.5. The number of ether oxygens (including phenoxy) is 1. The molecule has 25 heavy (non-hydrogen) atoms. The van der Waals surface area contributed by atoms with Crippen LogP contribution in [0.2, 0.25) is 5.02 Å². The minimum atomic E-state index is -0.301. The summed E-state index contributed by atoms with van der Waals surface area (Å²) in [6.45, 7) is 0. The van der Waals surface area contributed by atoms with Crippen LogP contribution in [-0.4, -0.2) is 16.7 Å². The third-order valence-electron chi connectivity index (χ3n) is 3.49. The van der Waals surface area contributed by atoms with Crippen LogP contribution >= 0.6 is 23.4 Å². The molecule has 0 N–H and O–H groups in total. The summed E-state index contributed by atoms with van der Waals surface area (Å²) < 4.78 is 19.8. The second kappa shape index (κ2) is 7.72. The third-order valence-corrected chi connectivity index (χ3v) is 4.81. The molecule has 0 fully saturated rings. The van der Waals surface area contributed by atoms with Gasteiger partial charge in [0.2, 0.25) is 0 Å². The molecule has 0 aliphatic rings. The zero-order valence-electron chi connectivity index (χ0n) is 13.3. The summed E-state index contributed by atoms with van der Waals surface area (Å²) in [5.74, 6) is 0.686. The highest BCUT2D eigenvalue weighted by atomic mass is 35.5. The Morgan fingerprint density at radius 2 is 2.12 bits per heavy atom. The summed E-state index contributed by atoms with van der Waals surface area (Å²) in [5, 5.41) is 0.747. The van der Waals surface area contributed by atoms with Crippen LogP contribution in [0, 0.1) is 5.82 Å². The number of halogens is 2. The van der Waals surface area contributed by atoms with E-state index in [0.29, 0.717) is 27.2 Å². The molecule has 3 rings (SSSR count). The fourth-order valence-corrected chi connectivity index (χ4v) is 3.37. The van der Waals surface area contributed by atoms with Crippen LogP contribution in [0.5, 0.6) is 5.75 Å². The van der Waals surface area contributed by atoms with Gasteiger partial charge in [-0.2, -0.15) is 0 Å². The van der Waals surface area contributed by atoms with Crippen molar-refractivity contribution in [3.05, 3.63) is 81.6 Å². The van der Waals surface area contributed by atoms with Gasteiger partial charge in [0.25, 0.3) is 5.56 Å². The SMILES string of the molecule is COc1ccc(-n2ccnc(SCc3cccc(F)c3)c2=O)cc1Cl. The van der Waals surface area contributed by atoms with Gasteiger partial charge in [-0.05, 0) is 35.9 Å². The lowest BCUT2D eigenvalue weighted by molar-refractivity contribution is 0.415. The van der Waals surface area contributed by atoms with Crippen LogP contribution in [0.25, 0.3) is 5.69 Å². The van der Waals surface area contributed by atoms with Gasteiger partial charge in [0.15, 0.2) is 5.03 Å². The average molecular weight is 377 g/mol. The largest absolute Gasteiger partial charge is 0.495 e. The summed E-state index contributed by atoms with van der Waals surface area (Å²) in [7, 11) is 1.53. The molecule has 0 unspecified atom stereocenters. The molecule has 0 radical (unpaired) electrons. The maximum atomic E-state index is 13.2. The molecule has 0 saturated carbocycles. The molecule has 3 aromatic rings. The molecule has 0 aliphatic carbocycles. The van der Waals surface area contributed by atoms with E-state index in [4.69, 9.17) is 16.3 Å². The molecule has 128 valence electrons. The minimum absolute atomic E-state index is 0.259. The van der Waals surface area contributed by atoms with Gasteiger partial charge < -0.3 is 4.74 Å². The lowest BCUT2D eigenvalue weighted by Gasteiger charge is -2.09. The second-order valence-corrected chi connectivity index (χ2v) is 6.52. The molecular weight excluding hydrogens is 363 g/mol. The Labute approximate surface area is 153 Å². The van der Waals surface area contributed by atoms with Gasteiger partial charge in [-0.15, -0.1) is 0 Å². The lowest BCUT2D eigenvalue weighted by atomic mass is 10.2. The van der Waals surface area contributed by atoms with E-state index in [-0.39, 0.29) is 11.4 Å². The van der Waals surface area contributed by atoms with Gasteiger partial charge in [0.1, 0.15) is 11.6 Å². The van der Waals surface area contributed by atoms with Crippen molar-refractivity contribution < 1.29 is 9.13 Å². The second-order valence-electron chi connectivity index (χ2n) is 5.14. The number of hydrogen-bond acceptors (Lipinski definition) is 4. The number of aromatic nitrogens is 2. The number of rotatable bonds is 5. The van der Waals surface area contributed by atoms with E-state index in [1.807, 2.05) is 0 Å². The monoisotopic (exact) mass is 376 g/mol. The topological polar surface area (TPSA) is 44.1 Å². The van der Waals surface area contributed by atoms with Crippen molar-refractivity contribution in [1.82, 2.24) is 9.55 Å². The predicted molar refractivity (Wildman–Crippen MR) is 97.4 cm³/mol. The molecule has 0 aliphatic heterocycles. The first-order chi connectivity index (χ1) is 12.1. The predicted octanol–water partition coefficient (Wildman–Crippen LogP) is 4.33. The van der Waals surface area contributed by atoms with Gasteiger partial charge in [-0.25, -0.2) is 9.37 Å². The van der Waals surface area contributed by atoms with Crippen molar-refractivity contribution in [2.75, 3.05) is 7.11 Å². The molecule has 0 spiro atoms. The Kier molecular flexibility index (Phi) is 5.40. The maximum absolute atomic E-state index is 13.2. The first-order valence-electron chi connectivity index (χ1n) is 7.37.